The van der Waals surface area contributed by atoms with E-state index in [2.05, 4.69) is 185 Å². The van der Waals surface area contributed by atoms with E-state index in [-0.39, 0.29) is 10.8 Å². The van der Waals surface area contributed by atoms with Crippen LogP contribution in [-0.4, -0.2) is 9.97 Å². The molecule has 0 spiro atoms. The third kappa shape index (κ3) is 4.43. The second-order valence-corrected chi connectivity index (χ2v) is 15.4. The highest BCUT2D eigenvalue weighted by atomic mass is 14.8. The van der Waals surface area contributed by atoms with Crippen molar-refractivity contribution in [2.75, 3.05) is 0 Å². The molecule has 1 aromatic heterocycles. The van der Waals surface area contributed by atoms with Gasteiger partial charge >= 0.3 is 0 Å². The number of rotatable bonds is 4. The normalized spacial score (nSPS) is 14.5. The Bertz CT molecular complexity index is 2530. The lowest BCUT2D eigenvalue weighted by Crippen LogP contribution is -2.15. The fourth-order valence-corrected chi connectivity index (χ4v) is 8.94. The molecule has 248 valence electrons. The van der Waals surface area contributed by atoms with Gasteiger partial charge in [0.1, 0.15) is 0 Å². The van der Waals surface area contributed by atoms with Crippen molar-refractivity contribution in [3.05, 3.63) is 180 Å². The molecule has 0 amide bonds. The first-order chi connectivity index (χ1) is 25.3. The van der Waals surface area contributed by atoms with E-state index in [0.717, 1.165) is 55.8 Å². The van der Waals surface area contributed by atoms with E-state index in [4.69, 9.17) is 9.97 Å². The molecule has 2 nitrogen and oxygen atoms in total. The molecule has 2 aliphatic rings. The van der Waals surface area contributed by atoms with Crippen molar-refractivity contribution < 1.29 is 0 Å². The SMILES string of the molecule is CC1(C)c2ccccc2-c2ccc(-c3nc4c(-c5ccccc5)ccc(-c5ccccc5)c4nc3-c3ccc4c(c3)C(C)(C)c3ccccc3-4)cc21. The van der Waals surface area contributed by atoms with Gasteiger partial charge in [-0.2, -0.15) is 0 Å². The predicted molar refractivity (Wildman–Crippen MR) is 216 cm³/mol. The zero-order chi connectivity index (χ0) is 35.2. The van der Waals surface area contributed by atoms with Crippen LogP contribution in [0.15, 0.2) is 158 Å². The summed E-state index contributed by atoms with van der Waals surface area (Å²) in [7, 11) is 0. The van der Waals surface area contributed by atoms with E-state index in [1.165, 1.54) is 44.5 Å². The molecular formula is C50H38N2. The van der Waals surface area contributed by atoms with Crippen molar-refractivity contribution >= 4 is 11.0 Å². The molecule has 0 saturated carbocycles. The molecule has 8 aromatic rings. The van der Waals surface area contributed by atoms with Crippen molar-refractivity contribution in [3.8, 4) is 67.0 Å². The van der Waals surface area contributed by atoms with Crippen molar-refractivity contribution in [2.45, 2.75) is 38.5 Å². The van der Waals surface area contributed by atoms with E-state index >= 15 is 0 Å². The van der Waals surface area contributed by atoms with Gasteiger partial charge in [-0.1, -0.05) is 173 Å². The van der Waals surface area contributed by atoms with Crippen LogP contribution in [0.4, 0.5) is 0 Å². The topological polar surface area (TPSA) is 25.8 Å². The summed E-state index contributed by atoms with van der Waals surface area (Å²) < 4.78 is 0. The van der Waals surface area contributed by atoms with Crippen LogP contribution in [0, 0.1) is 0 Å². The quantitative estimate of drug-likeness (QED) is 0.187. The Kier molecular flexibility index (Phi) is 6.60. The summed E-state index contributed by atoms with van der Waals surface area (Å²) in [5, 5.41) is 0. The third-order valence-corrected chi connectivity index (χ3v) is 11.7. The second-order valence-electron chi connectivity index (χ2n) is 15.4. The minimum absolute atomic E-state index is 0.134. The summed E-state index contributed by atoms with van der Waals surface area (Å²) in [5.74, 6) is 0. The minimum atomic E-state index is -0.134. The van der Waals surface area contributed by atoms with Crippen LogP contribution in [-0.2, 0) is 10.8 Å². The molecule has 0 radical (unpaired) electrons. The van der Waals surface area contributed by atoms with E-state index < -0.39 is 0 Å². The molecule has 0 N–H and O–H groups in total. The maximum absolute atomic E-state index is 5.71. The molecule has 0 atom stereocenters. The first kappa shape index (κ1) is 30.7. The largest absolute Gasteiger partial charge is 0.243 e. The molecule has 1 heterocycles. The fourth-order valence-electron chi connectivity index (χ4n) is 8.94. The third-order valence-electron chi connectivity index (χ3n) is 11.7. The van der Waals surface area contributed by atoms with Gasteiger partial charge in [0.05, 0.1) is 22.4 Å². The van der Waals surface area contributed by atoms with Crippen LogP contribution in [0.5, 0.6) is 0 Å². The molecule has 0 saturated heterocycles. The number of hydrogen-bond donors (Lipinski definition) is 0. The van der Waals surface area contributed by atoms with Gasteiger partial charge in [-0.25, -0.2) is 9.97 Å². The first-order valence-corrected chi connectivity index (χ1v) is 18.3. The Labute approximate surface area is 305 Å². The van der Waals surface area contributed by atoms with E-state index in [1.807, 2.05) is 0 Å². The molecule has 0 unspecified atom stereocenters. The van der Waals surface area contributed by atoms with Crippen molar-refractivity contribution in [1.82, 2.24) is 9.97 Å². The van der Waals surface area contributed by atoms with E-state index in [0.29, 0.717) is 0 Å². The molecule has 0 bridgehead atoms. The highest BCUT2D eigenvalue weighted by Gasteiger charge is 2.37. The number of nitrogens with zero attached hydrogens (tertiary/aromatic N) is 2. The molecule has 2 heteroatoms. The second kappa shape index (κ2) is 11.2. The van der Waals surface area contributed by atoms with Gasteiger partial charge in [-0.15, -0.1) is 0 Å². The highest BCUT2D eigenvalue weighted by Crippen LogP contribution is 2.52. The van der Waals surface area contributed by atoms with Crippen LogP contribution in [0.25, 0.3) is 78.1 Å². The smallest absolute Gasteiger partial charge is 0.0979 e. The van der Waals surface area contributed by atoms with Crippen LogP contribution in [0.1, 0.15) is 49.9 Å². The van der Waals surface area contributed by atoms with Crippen molar-refractivity contribution in [2.24, 2.45) is 0 Å². The predicted octanol–water partition coefficient (Wildman–Crippen LogP) is 12.9. The Hall–Kier alpha value is -6.12. The Morgan fingerprint density at radius 3 is 1.08 bits per heavy atom. The Morgan fingerprint density at radius 2 is 0.654 bits per heavy atom. The lowest BCUT2D eigenvalue weighted by atomic mass is 9.81. The average molecular weight is 667 g/mol. The molecule has 7 aromatic carbocycles. The van der Waals surface area contributed by atoms with E-state index in [9.17, 15) is 0 Å². The van der Waals surface area contributed by atoms with Crippen LogP contribution in [0.2, 0.25) is 0 Å². The number of aromatic nitrogens is 2. The lowest BCUT2D eigenvalue weighted by molar-refractivity contribution is 0.660. The summed E-state index contributed by atoms with van der Waals surface area (Å²) >= 11 is 0. The fraction of sp³-hybridized carbons (Fsp3) is 0.120. The standard InChI is InChI=1S/C50H38N2/c1-49(2)41-21-13-11-19-37(41)39-25-23-33(29-43(39)49)45-46(34-24-26-40-38-20-12-14-22-42(38)50(3,4)44(40)30-34)52-48-36(32-17-9-6-10-18-32)28-27-35(47(48)51-45)31-15-7-5-8-16-31/h5-30H,1-4H3. The molecule has 0 fully saturated rings. The lowest BCUT2D eigenvalue weighted by Gasteiger charge is -2.23. The van der Waals surface area contributed by atoms with Gasteiger partial charge in [0.15, 0.2) is 0 Å². The molecule has 52 heavy (non-hydrogen) atoms. The van der Waals surface area contributed by atoms with Gasteiger partial charge in [-0.3, -0.25) is 0 Å². The molecule has 10 rings (SSSR count). The van der Waals surface area contributed by atoms with Gasteiger partial charge in [-0.05, 0) is 67.8 Å². The Balaban J connectivity index is 1.28. The monoisotopic (exact) mass is 666 g/mol. The maximum atomic E-state index is 5.71. The van der Waals surface area contributed by atoms with E-state index in [1.54, 1.807) is 0 Å². The number of hydrogen-bond acceptors (Lipinski definition) is 2. The van der Waals surface area contributed by atoms with Crippen LogP contribution < -0.4 is 0 Å². The zero-order valence-corrected chi connectivity index (χ0v) is 29.9. The molecular weight excluding hydrogens is 629 g/mol. The van der Waals surface area contributed by atoms with Gasteiger partial charge in [0.25, 0.3) is 0 Å². The van der Waals surface area contributed by atoms with Crippen LogP contribution in [0.3, 0.4) is 0 Å². The van der Waals surface area contributed by atoms with Crippen molar-refractivity contribution in [3.63, 3.8) is 0 Å². The van der Waals surface area contributed by atoms with Gasteiger partial charge in [0, 0.05) is 33.1 Å². The Morgan fingerprint density at radius 1 is 0.308 bits per heavy atom. The summed E-state index contributed by atoms with van der Waals surface area (Å²) in [5.41, 5.74) is 20.5. The maximum Gasteiger partial charge on any atom is 0.0979 e. The van der Waals surface area contributed by atoms with Crippen LogP contribution >= 0.6 is 0 Å². The highest BCUT2D eigenvalue weighted by molar-refractivity contribution is 6.03. The average Bonchev–Trinajstić information content (AvgIpc) is 3.56. The summed E-state index contributed by atoms with van der Waals surface area (Å²) in [6, 6.07) is 57.2. The minimum Gasteiger partial charge on any atom is -0.243 e. The first-order valence-electron chi connectivity index (χ1n) is 18.3. The van der Waals surface area contributed by atoms with Gasteiger partial charge < -0.3 is 0 Å². The summed E-state index contributed by atoms with van der Waals surface area (Å²) in [4.78, 5) is 11.4. The number of fused-ring (bicyclic) bond motifs is 7. The number of benzene rings is 7. The van der Waals surface area contributed by atoms with Gasteiger partial charge in [0.2, 0.25) is 0 Å². The zero-order valence-electron chi connectivity index (χ0n) is 29.9. The van der Waals surface area contributed by atoms with Crippen molar-refractivity contribution in [1.29, 1.82) is 0 Å². The molecule has 0 aliphatic heterocycles. The summed E-state index contributed by atoms with van der Waals surface area (Å²) in [6.45, 7) is 9.37. The molecule has 2 aliphatic carbocycles. The summed E-state index contributed by atoms with van der Waals surface area (Å²) in [6.07, 6.45) is 0.